The van der Waals surface area contributed by atoms with E-state index >= 15 is 0 Å². The van der Waals surface area contributed by atoms with Crippen LogP contribution in [0.3, 0.4) is 0 Å². The summed E-state index contributed by atoms with van der Waals surface area (Å²) in [5.74, 6) is 0.573. The summed E-state index contributed by atoms with van der Waals surface area (Å²) >= 11 is 0. The zero-order valence-corrected chi connectivity index (χ0v) is 18.0. The van der Waals surface area contributed by atoms with Gasteiger partial charge < -0.3 is 14.2 Å². The molecule has 2 aromatic carbocycles. The molecule has 0 unspecified atom stereocenters. The first kappa shape index (κ1) is 23.6. The van der Waals surface area contributed by atoms with Crippen LogP contribution in [0, 0.1) is 0 Å². The minimum Gasteiger partial charge on any atom is -0.494 e. The molecule has 3 nitrogen and oxygen atoms in total. The molecular weight excluding hydrogens is 405 g/mol. The molecule has 0 bridgehead atoms. The third-order valence-electron chi connectivity index (χ3n) is 5.44. The molecule has 1 aliphatic rings. The number of hydrogen-bond acceptors (Lipinski definition) is 3. The molecule has 0 saturated carbocycles. The highest BCUT2D eigenvalue weighted by Gasteiger charge is 2.26. The van der Waals surface area contributed by atoms with Crippen molar-refractivity contribution in [3.8, 4) is 16.9 Å². The SMILES string of the molecule is CCCCC[C@H]1CO[C@H](c2ccc(-c3ccc(OCCCC(F)(F)F)cc3)cc2)CO1. The second kappa shape index (κ2) is 11.5. The quantitative estimate of drug-likeness (QED) is 0.371. The van der Waals surface area contributed by atoms with Crippen LogP contribution in [0.1, 0.15) is 57.1 Å². The predicted molar refractivity (Wildman–Crippen MR) is 115 cm³/mol. The highest BCUT2D eigenvalue weighted by atomic mass is 19.4. The van der Waals surface area contributed by atoms with Crippen molar-refractivity contribution in [3.05, 3.63) is 54.1 Å². The van der Waals surface area contributed by atoms with Gasteiger partial charge in [-0.25, -0.2) is 0 Å². The van der Waals surface area contributed by atoms with Gasteiger partial charge in [0.05, 0.1) is 25.9 Å². The lowest BCUT2D eigenvalue weighted by Crippen LogP contribution is -2.31. The van der Waals surface area contributed by atoms with Gasteiger partial charge in [-0.15, -0.1) is 0 Å². The maximum absolute atomic E-state index is 12.2. The molecule has 1 fully saturated rings. The molecule has 1 aliphatic heterocycles. The number of ether oxygens (including phenoxy) is 3. The van der Waals surface area contributed by atoms with Gasteiger partial charge in [0.15, 0.2) is 0 Å². The average molecular weight is 437 g/mol. The highest BCUT2D eigenvalue weighted by molar-refractivity contribution is 5.64. The third kappa shape index (κ3) is 7.86. The van der Waals surface area contributed by atoms with E-state index in [1.807, 2.05) is 24.3 Å². The molecule has 1 heterocycles. The molecule has 1 saturated heterocycles. The zero-order valence-electron chi connectivity index (χ0n) is 18.0. The van der Waals surface area contributed by atoms with Crippen molar-refractivity contribution in [2.45, 2.75) is 63.8 Å². The molecule has 31 heavy (non-hydrogen) atoms. The topological polar surface area (TPSA) is 27.7 Å². The van der Waals surface area contributed by atoms with Crippen LogP contribution in [0.15, 0.2) is 48.5 Å². The lowest BCUT2D eigenvalue weighted by molar-refractivity contribution is -0.137. The molecule has 3 rings (SSSR count). The van der Waals surface area contributed by atoms with Crippen molar-refractivity contribution >= 4 is 0 Å². The summed E-state index contributed by atoms with van der Waals surface area (Å²) < 4.78 is 53.9. The zero-order chi connectivity index (χ0) is 22.1. The molecule has 170 valence electrons. The molecule has 0 aromatic heterocycles. The van der Waals surface area contributed by atoms with Crippen molar-refractivity contribution in [3.63, 3.8) is 0 Å². The molecule has 0 N–H and O–H groups in total. The van der Waals surface area contributed by atoms with E-state index in [1.165, 1.54) is 19.3 Å². The van der Waals surface area contributed by atoms with Gasteiger partial charge in [0.2, 0.25) is 0 Å². The summed E-state index contributed by atoms with van der Waals surface area (Å²) in [6, 6.07) is 15.6. The van der Waals surface area contributed by atoms with Gasteiger partial charge in [0.1, 0.15) is 11.9 Å². The molecule has 0 radical (unpaired) electrons. The highest BCUT2D eigenvalue weighted by Crippen LogP contribution is 2.28. The Kier molecular flexibility index (Phi) is 8.79. The van der Waals surface area contributed by atoms with Crippen LogP contribution in [-0.4, -0.2) is 32.1 Å². The second-order valence-electron chi connectivity index (χ2n) is 7.99. The Labute approximate surface area is 182 Å². The summed E-state index contributed by atoms with van der Waals surface area (Å²) in [6.45, 7) is 3.47. The smallest absolute Gasteiger partial charge is 0.389 e. The normalized spacial score (nSPS) is 19.4. The Morgan fingerprint density at radius 1 is 0.871 bits per heavy atom. The minimum absolute atomic E-state index is 0.0380. The van der Waals surface area contributed by atoms with E-state index in [4.69, 9.17) is 14.2 Å². The largest absolute Gasteiger partial charge is 0.494 e. The van der Waals surface area contributed by atoms with Crippen LogP contribution in [0.4, 0.5) is 13.2 Å². The van der Waals surface area contributed by atoms with Crippen LogP contribution in [0.25, 0.3) is 11.1 Å². The van der Waals surface area contributed by atoms with Gasteiger partial charge in [-0.2, -0.15) is 13.2 Å². The predicted octanol–water partition coefficient (Wildman–Crippen LogP) is 7.11. The Hall–Kier alpha value is -2.05. The van der Waals surface area contributed by atoms with E-state index < -0.39 is 12.6 Å². The molecular formula is C25H31F3O3. The number of halogens is 3. The monoisotopic (exact) mass is 436 g/mol. The summed E-state index contributed by atoms with van der Waals surface area (Å²) in [5.41, 5.74) is 3.17. The summed E-state index contributed by atoms with van der Waals surface area (Å²) in [7, 11) is 0. The van der Waals surface area contributed by atoms with Gasteiger partial charge in [-0.1, -0.05) is 62.6 Å². The lowest BCUT2D eigenvalue weighted by atomic mass is 10.0. The van der Waals surface area contributed by atoms with Crippen molar-refractivity contribution in [1.82, 2.24) is 0 Å². The summed E-state index contributed by atoms with van der Waals surface area (Å²) in [4.78, 5) is 0. The maximum atomic E-state index is 12.2. The lowest BCUT2D eigenvalue weighted by Gasteiger charge is -2.30. The first-order valence-electron chi connectivity index (χ1n) is 11.1. The van der Waals surface area contributed by atoms with E-state index in [2.05, 4.69) is 19.1 Å². The first-order valence-corrected chi connectivity index (χ1v) is 11.1. The fourth-order valence-electron chi connectivity index (χ4n) is 3.62. The van der Waals surface area contributed by atoms with Crippen LogP contribution < -0.4 is 4.74 Å². The number of alkyl halides is 3. The van der Waals surface area contributed by atoms with E-state index in [1.54, 1.807) is 12.1 Å². The van der Waals surface area contributed by atoms with Crippen molar-refractivity contribution in [2.75, 3.05) is 19.8 Å². The average Bonchev–Trinajstić information content (AvgIpc) is 2.77. The van der Waals surface area contributed by atoms with Gasteiger partial charge in [0.25, 0.3) is 0 Å². The summed E-state index contributed by atoms with van der Waals surface area (Å²) in [5, 5.41) is 0. The molecule has 0 aliphatic carbocycles. The summed E-state index contributed by atoms with van der Waals surface area (Å²) in [6.07, 6.45) is -0.157. The van der Waals surface area contributed by atoms with Gasteiger partial charge in [0, 0.05) is 6.42 Å². The van der Waals surface area contributed by atoms with Crippen LogP contribution >= 0.6 is 0 Å². The molecule has 6 heteroatoms. The van der Waals surface area contributed by atoms with E-state index in [9.17, 15) is 13.2 Å². The Balaban J connectivity index is 1.47. The van der Waals surface area contributed by atoms with Crippen LogP contribution in [0.2, 0.25) is 0 Å². The fraction of sp³-hybridized carbons (Fsp3) is 0.520. The number of unbranched alkanes of at least 4 members (excludes halogenated alkanes) is 2. The Morgan fingerprint density at radius 3 is 2.13 bits per heavy atom. The van der Waals surface area contributed by atoms with Crippen molar-refractivity contribution in [2.24, 2.45) is 0 Å². The Bertz CT molecular complexity index is 764. The Morgan fingerprint density at radius 2 is 1.55 bits per heavy atom. The van der Waals surface area contributed by atoms with Crippen LogP contribution in [-0.2, 0) is 9.47 Å². The maximum Gasteiger partial charge on any atom is 0.389 e. The van der Waals surface area contributed by atoms with Gasteiger partial charge in [-0.3, -0.25) is 0 Å². The first-order chi connectivity index (χ1) is 14.9. The van der Waals surface area contributed by atoms with E-state index in [0.29, 0.717) is 19.0 Å². The molecule has 0 amide bonds. The van der Waals surface area contributed by atoms with Crippen LogP contribution in [0.5, 0.6) is 5.75 Å². The second-order valence-corrected chi connectivity index (χ2v) is 7.99. The van der Waals surface area contributed by atoms with E-state index in [0.717, 1.165) is 23.1 Å². The third-order valence-corrected chi connectivity index (χ3v) is 5.44. The van der Waals surface area contributed by atoms with Crippen molar-refractivity contribution < 1.29 is 27.4 Å². The van der Waals surface area contributed by atoms with E-state index in [-0.39, 0.29) is 25.2 Å². The number of hydrogen-bond donors (Lipinski definition) is 0. The molecule has 2 aromatic rings. The minimum atomic E-state index is -4.13. The number of rotatable bonds is 10. The fourth-order valence-corrected chi connectivity index (χ4v) is 3.62. The standard InChI is InChI=1S/C25H31F3O3/c1-2-3-4-6-23-17-31-24(18-30-23)21-9-7-19(8-10-21)20-11-13-22(14-12-20)29-16-5-15-25(26,27)28/h7-14,23-24H,2-6,15-18H2,1H3/t23-,24-/m0/s1. The molecule has 2 atom stereocenters. The number of benzene rings is 2. The van der Waals surface area contributed by atoms with Gasteiger partial charge >= 0.3 is 6.18 Å². The van der Waals surface area contributed by atoms with Gasteiger partial charge in [-0.05, 0) is 41.7 Å². The molecule has 0 spiro atoms. The van der Waals surface area contributed by atoms with Crippen molar-refractivity contribution in [1.29, 1.82) is 0 Å².